The Balaban J connectivity index is 1.91. The Kier molecular flexibility index (Phi) is 3.82. The van der Waals surface area contributed by atoms with E-state index in [0.29, 0.717) is 0 Å². The van der Waals surface area contributed by atoms with Gasteiger partial charge in [-0.2, -0.15) is 0 Å². The Morgan fingerprint density at radius 2 is 1.79 bits per heavy atom. The second kappa shape index (κ2) is 5.13. The van der Waals surface area contributed by atoms with Crippen LogP contribution < -0.4 is 5.32 Å². The normalized spacial score (nSPS) is 31.1. The molecule has 1 unspecified atom stereocenters. The number of nitrogens with one attached hydrogen (secondary N) is 1. The summed E-state index contributed by atoms with van der Waals surface area (Å²) in [6.45, 7) is 2.55. The van der Waals surface area contributed by atoms with E-state index >= 15 is 0 Å². The van der Waals surface area contributed by atoms with Gasteiger partial charge in [-0.1, -0.05) is 19.3 Å². The van der Waals surface area contributed by atoms with Crippen molar-refractivity contribution in [3.8, 4) is 0 Å². The van der Waals surface area contributed by atoms with E-state index in [4.69, 9.17) is 0 Å². The average Bonchev–Trinajstić information content (AvgIpc) is 2.72. The van der Waals surface area contributed by atoms with Gasteiger partial charge < -0.3 is 5.32 Å². The molecule has 2 rings (SSSR count). The molecule has 2 heteroatoms. The first-order chi connectivity index (χ1) is 6.92. The molecule has 0 bridgehead atoms. The zero-order valence-electron chi connectivity index (χ0n) is 9.47. The molecule has 1 heterocycles. The summed E-state index contributed by atoms with van der Waals surface area (Å²) in [7, 11) is 2.08. The monoisotopic (exact) mass is 196 g/mol. The van der Waals surface area contributed by atoms with E-state index in [0.717, 1.165) is 12.1 Å². The van der Waals surface area contributed by atoms with E-state index in [-0.39, 0.29) is 0 Å². The summed E-state index contributed by atoms with van der Waals surface area (Å²) in [5.41, 5.74) is 0. The van der Waals surface area contributed by atoms with E-state index in [1.807, 2.05) is 0 Å². The fraction of sp³-hybridized carbons (Fsp3) is 1.00. The minimum atomic E-state index is 0.830. The van der Waals surface area contributed by atoms with E-state index in [2.05, 4.69) is 17.3 Å². The molecule has 1 atom stereocenters. The van der Waals surface area contributed by atoms with Crippen molar-refractivity contribution >= 4 is 0 Å². The fourth-order valence-electron chi connectivity index (χ4n) is 3.19. The SMILES string of the molecule is CNCC1CCCCN1C1CCCC1. The molecule has 82 valence electrons. The van der Waals surface area contributed by atoms with Crippen LogP contribution in [0.4, 0.5) is 0 Å². The van der Waals surface area contributed by atoms with Crippen LogP contribution in [0.2, 0.25) is 0 Å². The zero-order chi connectivity index (χ0) is 9.80. The molecule has 14 heavy (non-hydrogen) atoms. The molecule has 0 aromatic rings. The van der Waals surface area contributed by atoms with Crippen LogP contribution >= 0.6 is 0 Å². The minimum Gasteiger partial charge on any atom is -0.318 e. The van der Waals surface area contributed by atoms with E-state index in [1.165, 1.54) is 58.0 Å². The third-order valence-electron chi connectivity index (χ3n) is 3.91. The lowest BCUT2D eigenvalue weighted by molar-refractivity contribution is 0.0973. The molecule has 1 saturated heterocycles. The van der Waals surface area contributed by atoms with Crippen molar-refractivity contribution < 1.29 is 0 Å². The lowest BCUT2D eigenvalue weighted by atomic mass is 9.99. The van der Waals surface area contributed by atoms with Crippen molar-refractivity contribution in [2.24, 2.45) is 0 Å². The topological polar surface area (TPSA) is 15.3 Å². The fourth-order valence-corrected chi connectivity index (χ4v) is 3.19. The first-order valence-corrected chi connectivity index (χ1v) is 6.32. The maximum absolute atomic E-state index is 3.35. The maximum atomic E-state index is 3.35. The molecule has 1 aliphatic heterocycles. The van der Waals surface area contributed by atoms with Crippen LogP contribution in [-0.4, -0.2) is 37.1 Å². The molecule has 1 aliphatic carbocycles. The summed E-state index contributed by atoms with van der Waals surface area (Å²) in [6.07, 6.45) is 10.1. The van der Waals surface area contributed by atoms with Gasteiger partial charge in [-0.25, -0.2) is 0 Å². The number of likely N-dealkylation sites (N-methyl/N-ethyl adjacent to an activating group) is 1. The Bertz CT molecular complexity index is 162. The summed E-state index contributed by atoms with van der Waals surface area (Å²) in [4.78, 5) is 2.80. The predicted octanol–water partition coefficient (Wildman–Crippen LogP) is 2.00. The highest BCUT2D eigenvalue weighted by Gasteiger charge is 2.29. The number of hydrogen-bond acceptors (Lipinski definition) is 2. The first kappa shape index (κ1) is 10.4. The van der Waals surface area contributed by atoms with Gasteiger partial charge in [-0.05, 0) is 39.3 Å². The van der Waals surface area contributed by atoms with Crippen LogP contribution in [0.3, 0.4) is 0 Å². The highest BCUT2D eigenvalue weighted by molar-refractivity contribution is 4.86. The summed E-state index contributed by atoms with van der Waals surface area (Å²) in [5.74, 6) is 0. The second-order valence-corrected chi connectivity index (χ2v) is 4.88. The average molecular weight is 196 g/mol. The van der Waals surface area contributed by atoms with Crippen molar-refractivity contribution in [3.05, 3.63) is 0 Å². The highest BCUT2D eigenvalue weighted by Crippen LogP contribution is 2.28. The maximum Gasteiger partial charge on any atom is 0.0223 e. The Morgan fingerprint density at radius 3 is 2.50 bits per heavy atom. The van der Waals surface area contributed by atoms with Crippen LogP contribution in [0.5, 0.6) is 0 Å². The van der Waals surface area contributed by atoms with Gasteiger partial charge in [-0.3, -0.25) is 4.90 Å². The summed E-state index contributed by atoms with van der Waals surface area (Å²) >= 11 is 0. The second-order valence-electron chi connectivity index (χ2n) is 4.88. The standard InChI is InChI=1S/C12H24N2/c1-13-10-12-8-4-5-9-14(12)11-6-2-3-7-11/h11-13H,2-10H2,1H3. The Morgan fingerprint density at radius 1 is 1.07 bits per heavy atom. The Labute approximate surface area is 88.1 Å². The van der Waals surface area contributed by atoms with Gasteiger partial charge in [0, 0.05) is 18.6 Å². The highest BCUT2D eigenvalue weighted by atomic mass is 15.2. The zero-order valence-corrected chi connectivity index (χ0v) is 9.47. The molecule has 0 radical (unpaired) electrons. The van der Waals surface area contributed by atoms with Crippen molar-refractivity contribution in [2.75, 3.05) is 20.1 Å². The Hall–Kier alpha value is -0.0800. The smallest absolute Gasteiger partial charge is 0.0223 e. The van der Waals surface area contributed by atoms with Gasteiger partial charge in [0.05, 0.1) is 0 Å². The largest absolute Gasteiger partial charge is 0.318 e. The quantitative estimate of drug-likeness (QED) is 0.743. The van der Waals surface area contributed by atoms with Gasteiger partial charge in [0.25, 0.3) is 0 Å². The minimum absolute atomic E-state index is 0.830. The number of likely N-dealkylation sites (tertiary alicyclic amines) is 1. The number of piperidine rings is 1. The van der Waals surface area contributed by atoms with Crippen molar-refractivity contribution in [3.63, 3.8) is 0 Å². The molecule has 1 N–H and O–H groups in total. The van der Waals surface area contributed by atoms with Gasteiger partial charge in [0.2, 0.25) is 0 Å². The van der Waals surface area contributed by atoms with E-state index < -0.39 is 0 Å². The third kappa shape index (κ3) is 2.29. The third-order valence-corrected chi connectivity index (χ3v) is 3.91. The van der Waals surface area contributed by atoms with Crippen LogP contribution in [0, 0.1) is 0 Å². The van der Waals surface area contributed by atoms with Crippen molar-refractivity contribution in [1.29, 1.82) is 0 Å². The van der Waals surface area contributed by atoms with Crippen molar-refractivity contribution in [1.82, 2.24) is 10.2 Å². The van der Waals surface area contributed by atoms with E-state index in [1.54, 1.807) is 0 Å². The van der Waals surface area contributed by atoms with Crippen molar-refractivity contribution in [2.45, 2.75) is 57.0 Å². The van der Waals surface area contributed by atoms with Crippen LogP contribution in [0.15, 0.2) is 0 Å². The van der Waals surface area contributed by atoms with Gasteiger partial charge in [-0.15, -0.1) is 0 Å². The lowest BCUT2D eigenvalue weighted by Crippen LogP contribution is -2.49. The van der Waals surface area contributed by atoms with Gasteiger partial charge in [0.15, 0.2) is 0 Å². The predicted molar refractivity (Wildman–Crippen MR) is 60.5 cm³/mol. The molecular formula is C12H24N2. The summed E-state index contributed by atoms with van der Waals surface area (Å²) in [5, 5.41) is 3.35. The molecule has 0 spiro atoms. The lowest BCUT2D eigenvalue weighted by Gasteiger charge is -2.40. The molecular weight excluding hydrogens is 172 g/mol. The van der Waals surface area contributed by atoms with Crippen LogP contribution in [0.25, 0.3) is 0 Å². The first-order valence-electron chi connectivity index (χ1n) is 6.32. The number of hydrogen-bond donors (Lipinski definition) is 1. The van der Waals surface area contributed by atoms with E-state index in [9.17, 15) is 0 Å². The van der Waals surface area contributed by atoms with Gasteiger partial charge in [0.1, 0.15) is 0 Å². The number of nitrogens with zero attached hydrogens (tertiary/aromatic N) is 1. The molecule has 2 aliphatic rings. The van der Waals surface area contributed by atoms with Gasteiger partial charge >= 0.3 is 0 Å². The van der Waals surface area contributed by atoms with Crippen LogP contribution in [-0.2, 0) is 0 Å². The number of rotatable bonds is 3. The molecule has 1 saturated carbocycles. The summed E-state index contributed by atoms with van der Waals surface area (Å²) in [6, 6.07) is 1.76. The molecule has 0 aromatic carbocycles. The molecule has 0 amide bonds. The molecule has 2 nitrogen and oxygen atoms in total. The van der Waals surface area contributed by atoms with Crippen LogP contribution in [0.1, 0.15) is 44.9 Å². The summed E-state index contributed by atoms with van der Waals surface area (Å²) < 4.78 is 0. The molecule has 2 fully saturated rings. The molecule has 0 aromatic heterocycles.